The van der Waals surface area contributed by atoms with Crippen molar-refractivity contribution in [2.75, 3.05) is 0 Å². The summed E-state index contributed by atoms with van der Waals surface area (Å²) in [6.45, 7) is 0.404. The first-order valence-electron chi connectivity index (χ1n) is 7.20. The molecular formula is C18H12ClN3O. The van der Waals surface area contributed by atoms with Crippen molar-refractivity contribution in [2.45, 2.75) is 6.54 Å². The zero-order chi connectivity index (χ0) is 15.8. The third kappa shape index (κ3) is 2.37. The predicted octanol–water partition coefficient (Wildman–Crippen LogP) is 3.65. The van der Waals surface area contributed by atoms with Gasteiger partial charge in [0.25, 0.3) is 5.56 Å². The van der Waals surface area contributed by atoms with Gasteiger partial charge in [-0.2, -0.15) is 0 Å². The van der Waals surface area contributed by atoms with E-state index >= 15 is 0 Å². The van der Waals surface area contributed by atoms with Crippen molar-refractivity contribution in [2.24, 2.45) is 0 Å². The van der Waals surface area contributed by atoms with E-state index < -0.39 is 0 Å². The highest BCUT2D eigenvalue weighted by Crippen LogP contribution is 2.25. The summed E-state index contributed by atoms with van der Waals surface area (Å²) in [5, 5.41) is 2.15. The summed E-state index contributed by atoms with van der Waals surface area (Å²) < 4.78 is 1.60. The average Bonchev–Trinajstić information content (AvgIpc) is 2.60. The molecule has 0 radical (unpaired) electrons. The Labute approximate surface area is 137 Å². The first-order chi connectivity index (χ1) is 11.2. The summed E-state index contributed by atoms with van der Waals surface area (Å²) in [4.78, 5) is 21.4. The van der Waals surface area contributed by atoms with Crippen LogP contribution in [0.4, 0.5) is 0 Å². The minimum Gasteiger partial charge on any atom is -0.294 e. The first kappa shape index (κ1) is 13.9. The number of para-hydroxylation sites is 1. The van der Waals surface area contributed by atoms with E-state index in [0.29, 0.717) is 22.5 Å². The van der Waals surface area contributed by atoms with Crippen molar-refractivity contribution in [3.05, 3.63) is 82.0 Å². The van der Waals surface area contributed by atoms with Crippen LogP contribution in [0.2, 0.25) is 5.02 Å². The molecule has 0 spiro atoms. The fourth-order valence-electron chi connectivity index (χ4n) is 2.73. The normalized spacial score (nSPS) is 11.2. The Balaban J connectivity index is 1.87. The van der Waals surface area contributed by atoms with Crippen LogP contribution in [0.25, 0.3) is 21.8 Å². The van der Waals surface area contributed by atoms with Gasteiger partial charge in [-0.25, -0.2) is 4.98 Å². The number of aromatic nitrogens is 3. The molecule has 0 saturated heterocycles. The molecule has 0 amide bonds. The molecule has 2 aromatic heterocycles. The molecule has 0 unspecified atom stereocenters. The van der Waals surface area contributed by atoms with Crippen LogP contribution in [0.1, 0.15) is 5.56 Å². The summed E-state index contributed by atoms with van der Waals surface area (Å²) in [6, 6.07) is 14.8. The van der Waals surface area contributed by atoms with Gasteiger partial charge in [0.05, 0.1) is 29.3 Å². The second-order valence-electron chi connectivity index (χ2n) is 5.30. The van der Waals surface area contributed by atoms with Gasteiger partial charge in [-0.3, -0.25) is 14.3 Å². The average molecular weight is 322 g/mol. The zero-order valence-corrected chi connectivity index (χ0v) is 12.9. The summed E-state index contributed by atoms with van der Waals surface area (Å²) in [5.41, 5.74) is 2.38. The van der Waals surface area contributed by atoms with E-state index in [9.17, 15) is 4.79 Å². The number of benzene rings is 2. The van der Waals surface area contributed by atoms with Crippen molar-refractivity contribution in [1.82, 2.24) is 14.5 Å². The molecule has 4 nitrogen and oxygen atoms in total. The fraction of sp³-hybridized carbons (Fsp3) is 0.0556. The van der Waals surface area contributed by atoms with E-state index in [0.717, 1.165) is 16.5 Å². The molecule has 0 N–H and O–H groups in total. The van der Waals surface area contributed by atoms with Gasteiger partial charge < -0.3 is 0 Å². The van der Waals surface area contributed by atoms with Crippen LogP contribution in [-0.2, 0) is 6.54 Å². The Morgan fingerprint density at radius 1 is 0.957 bits per heavy atom. The lowest BCUT2D eigenvalue weighted by Gasteiger charge is -2.10. The number of rotatable bonds is 2. The van der Waals surface area contributed by atoms with Crippen molar-refractivity contribution in [1.29, 1.82) is 0 Å². The molecule has 0 aliphatic rings. The zero-order valence-electron chi connectivity index (χ0n) is 12.1. The molecule has 2 aromatic carbocycles. The number of nitrogens with zero attached hydrogens (tertiary/aromatic N) is 3. The van der Waals surface area contributed by atoms with Gasteiger partial charge in [-0.05, 0) is 35.9 Å². The van der Waals surface area contributed by atoms with E-state index in [1.807, 2.05) is 42.5 Å². The highest BCUT2D eigenvalue weighted by Gasteiger charge is 2.09. The summed E-state index contributed by atoms with van der Waals surface area (Å²) in [7, 11) is 0. The first-order valence-corrected chi connectivity index (χ1v) is 7.58. The maximum Gasteiger partial charge on any atom is 0.261 e. The fourth-order valence-corrected chi connectivity index (χ4v) is 2.94. The van der Waals surface area contributed by atoms with Crippen LogP contribution in [0.15, 0.2) is 65.8 Å². The molecule has 0 bridgehead atoms. The van der Waals surface area contributed by atoms with E-state index in [4.69, 9.17) is 11.6 Å². The van der Waals surface area contributed by atoms with E-state index in [-0.39, 0.29) is 5.56 Å². The molecule has 0 fully saturated rings. The number of pyridine rings is 1. The predicted molar refractivity (Wildman–Crippen MR) is 91.9 cm³/mol. The lowest BCUT2D eigenvalue weighted by Crippen LogP contribution is -2.21. The lowest BCUT2D eigenvalue weighted by atomic mass is 10.1. The summed E-state index contributed by atoms with van der Waals surface area (Å²) in [6.07, 6.45) is 3.30. The molecule has 4 rings (SSSR count). The van der Waals surface area contributed by atoms with Crippen LogP contribution in [-0.4, -0.2) is 14.5 Å². The number of halogens is 1. The molecule has 23 heavy (non-hydrogen) atoms. The molecule has 0 saturated carbocycles. The highest BCUT2D eigenvalue weighted by atomic mass is 35.5. The Morgan fingerprint density at radius 3 is 2.70 bits per heavy atom. The maximum absolute atomic E-state index is 12.6. The quantitative estimate of drug-likeness (QED) is 0.566. The second kappa shape index (κ2) is 5.48. The van der Waals surface area contributed by atoms with Crippen molar-refractivity contribution in [3.63, 3.8) is 0 Å². The Morgan fingerprint density at radius 2 is 1.78 bits per heavy atom. The topological polar surface area (TPSA) is 47.8 Å². The minimum absolute atomic E-state index is 0.0605. The molecule has 5 heteroatoms. The van der Waals surface area contributed by atoms with Crippen molar-refractivity contribution < 1.29 is 0 Å². The number of fused-ring (bicyclic) bond motifs is 2. The number of hydrogen-bond donors (Lipinski definition) is 0. The SMILES string of the molecule is O=c1c2ccccc2ncn1Cc1ccc(Cl)c2cccnc12. The molecule has 0 aliphatic heterocycles. The van der Waals surface area contributed by atoms with Crippen LogP contribution in [0, 0.1) is 0 Å². The van der Waals surface area contributed by atoms with Crippen molar-refractivity contribution in [3.8, 4) is 0 Å². The van der Waals surface area contributed by atoms with Gasteiger partial charge in [0.2, 0.25) is 0 Å². The van der Waals surface area contributed by atoms with Crippen LogP contribution in [0.3, 0.4) is 0 Å². The molecule has 0 atom stereocenters. The standard InChI is InChI=1S/C18H12ClN3O/c19-15-8-7-12(17-13(15)5-3-9-20-17)10-22-11-21-16-6-2-1-4-14(16)18(22)23/h1-9,11H,10H2. The van der Waals surface area contributed by atoms with Gasteiger partial charge in [-0.1, -0.05) is 29.8 Å². The van der Waals surface area contributed by atoms with Gasteiger partial charge in [0, 0.05) is 16.6 Å². The lowest BCUT2D eigenvalue weighted by molar-refractivity contribution is 0.751. The third-order valence-electron chi connectivity index (χ3n) is 3.87. The monoisotopic (exact) mass is 321 g/mol. The largest absolute Gasteiger partial charge is 0.294 e. The summed E-state index contributed by atoms with van der Waals surface area (Å²) >= 11 is 6.22. The van der Waals surface area contributed by atoms with Crippen LogP contribution in [0.5, 0.6) is 0 Å². The smallest absolute Gasteiger partial charge is 0.261 e. The molecular weight excluding hydrogens is 310 g/mol. The van der Waals surface area contributed by atoms with Gasteiger partial charge in [-0.15, -0.1) is 0 Å². The molecule has 112 valence electrons. The second-order valence-corrected chi connectivity index (χ2v) is 5.71. The maximum atomic E-state index is 12.6. The van der Waals surface area contributed by atoms with Crippen LogP contribution >= 0.6 is 11.6 Å². The van der Waals surface area contributed by atoms with Crippen molar-refractivity contribution >= 4 is 33.4 Å². The van der Waals surface area contributed by atoms with E-state index in [1.165, 1.54) is 0 Å². The Bertz CT molecular complexity index is 1090. The van der Waals surface area contributed by atoms with Crippen LogP contribution < -0.4 is 5.56 Å². The molecule has 2 heterocycles. The Hall–Kier alpha value is -2.72. The van der Waals surface area contributed by atoms with Gasteiger partial charge in [0.1, 0.15) is 0 Å². The number of hydrogen-bond acceptors (Lipinski definition) is 3. The van der Waals surface area contributed by atoms with Gasteiger partial charge in [0.15, 0.2) is 0 Å². The third-order valence-corrected chi connectivity index (χ3v) is 4.20. The van der Waals surface area contributed by atoms with Gasteiger partial charge >= 0.3 is 0 Å². The Kier molecular flexibility index (Phi) is 3.32. The molecule has 0 aliphatic carbocycles. The summed E-state index contributed by atoms with van der Waals surface area (Å²) in [5.74, 6) is 0. The van der Waals surface area contributed by atoms with E-state index in [2.05, 4.69) is 9.97 Å². The minimum atomic E-state index is -0.0605. The van der Waals surface area contributed by atoms with E-state index in [1.54, 1.807) is 23.2 Å². The molecule has 4 aromatic rings. The highest BCUT2D eigenvalue weighted by molar-refractivity contribution is 6.35.